The van der Waals surface area contributed by atoms with E-state index in [1.165, 1.54) is 14.1 Å². The van der Waals surface area contributed by atoms with Gasteiger partial charge in [-0.2, -0.15) is 5.26 Å². The normalized spacial score (nSPS) is 20.3. The van der Waals surface area contributed by atoms with E-state index in [9.17, 15) is 19.6 Å². The lowest BCUT2D eigenvalue weighted by Crippen LogP contribution is -2.51. The second kappa shape index (κ2) is 4.86. The number of aromatic nitrogens is 2. The summed E-state index contributed by atoms with van der Waals surface area (Å²) in [6, 6.07) is 8.62. The third kappa shape index (κ3) is 1.56. The van der Waals surface area contributed by atoms with Crippen molar-refractivity contribution in [3.8, 4) is 11.9 Å². The lowest BCUT2D eigenvalue weighted by Gasteiger charge is -2.33. The fourth-order valence-corrected chi connectivity index (χ4v) is 3.62. The number of ether oxygens (including phenoxy) is 1. The first-order valence-corrected chi connectivity index (χ1v) is 7.65. The Morgan fingerprint density at radius 3 is 2.58 bits per heavy atom. The number of para-hydroxylation sites is 1. The summed E-state index contributed by atoms with van der Waals surface area (Å²) in [4.78, 5) is 38.4. The number of rotatable bonds is 0. The number of amides is 1. The number of nitrogens with two attached hydrogens (primary N) is 1. The van der Waals surface area contributed by atoms with Crippen molar-refractivity contribution < 1.29 is 9.53 Å². The van der Waals surface area contributed by atoms with Crippen LogP contribution in [0.1, 0.15) is 11.1 Å². The largest absolute Gasteiger partial charge is 0.423 e. The van der Waals surface area contributed by atoms with Crippen LogP contribution in [0.2, 0.25) is 0 Å². The van der Waals surface area contributed by atoms with Crippen molar-refractivity contribution in [2.45, 2.75) is 5.41 Å². The molecule has 1 atom stereocenters. The summed E-state index contributed by atoms with van der Waals surface area (Å²) < 4.78 is 7.40. The van der Waals surface area contributed by atoms with E-state index in [-0.39, 0.29) is 22.9 Å². The first-order chi connectivity index (χ1) is 12.4. The van der Waals surface area contributed by atoms with Gasteiger partial charge < -0.3 is 15.8 Å². The summed E-state index contributed by atoms with van der Waals surface area (Å²) in [6.07, 6.45) is 0. The zero-order valence-electron chi connectivity index (χ0n) is 13.9. The van der Waals surface area contributed by atoms with Crippen LogP contribution in [0.4, 0.5) is 5.69 Å². The molecule has 0 radical (unpaired) electrons. The number of benzene rings is 1. The van der Waals surface area contributed by atoms with Crippen molar-refractivity contribution >= 4 is 11.6 Å². The number of anilines is 1. The third-order valence-electron chi connectivity index (χ3n) is 4.85. The zero-order chi connectivity index (χ0) is 18.8. The van der Waals surface area contributed by atoms with Crippen LogP contribution in [-0.4, -0.2) is 15.0 Å². The van der Waals surface area contributed by atoms with Gasteiger partial charge in [0.2, 0.25) is 17.7 Å². The molecule has 2 aliphatic heterocycles. The molecule has 130 valence electrons. The van der Waals surface area contributed by atoms with Crippen LogP contribution in [0, 0.1) is 11.3 Å². The minimum Gasteiger partial charge on any atom is -0.423 e. The van der Waals surface area contributed by atoms with E-state index in [4.69, 9.17) is 10.5 Å². The second-order valence-electron chi connectivity index (χ2n) is 6.09. The van der Waals surface area contributed by atoms with E-state index in [2.05, 4.69) is 5.32 Å². The van der Waals surface area contributed by atoms with Crippen LogP contribution >= 0.6 is 0 Å². The van der Waals surface area contributed by atoms with E-state index in [1.54, 1.807) is 24.3 Å². The van der Waals surface area contributed by atoms with E-state index in [0.29, 0.717) is 11.3 Å². The van der Waals surface area contributed by atoms with Crippen LogP contribution in [-0.2, 0) is 24.3 Å². The number of carbonyl (C=O) groups is 1. The van der Waals surface area contributed by atoms with E-state index >= 15 is 0 Å². The fourth-order valence-electron chi connectivity index (χ4n) is 3.62. The van der Waals surface area contributed by atoms with Gasteiger partial charge in [-0.15, -0.1) is 0 Å². The Balaban J connectivity index is 2.29. The Hall–Kier alpha value is -3.80. The number of carbonyl (C=O) groups excluding carboxylic acids is 1. The maximum atomic E-state index is 13.1. The third-order valence-corrected chi connectivity index (χ3v) is 4.85. The average Bonchev–Trinajstić information content (AvgIpc) is 2.91. The standard InChI is InChI=1S/C17H13N5O4/c1-21-13(23)11-14(22(2)16(21)25)26-12(19)9(7-18)17(11)8-5-3-4-6-10(8)20-15(17)24/h3-6H,19H2,1-2H3,(H,20,24)/t17-/m1/s1. The number of nitrogens with one attached hydrogen (secondary N) is 1. The van der Waals surface area contributed by atoms with E-state index < -0.39 is 22.6 Å². The number of fused-ring (bicyclic) bond motifs is 4. The summed E-state index contributed by atoms with van der Waals surface area (Å²) in [7, 11) is 2.70. The lowest BCUT2D eigenvalue weighted by molar-refractivity contribution is -0.118. The van der Waals surface area contributed by atoms with Crippen molar-refractivity contribution in [2.24, 2.45) is 19.8 Å². The molecule has 1 aromatic heterocycles. The van der Waals surface area contributed by atoms with Crippen molar-refractivity contribution in [2.75, 3.05) is 5.32 Å². The topological polar surface area (TPSA) is 132 Å². The second-order valence-corrected chi connectivity index (χ2v) is 6.09. The predicted molar refractivity (Wildman–Crippen MR) is 90.2 cm³/mol. The molecule has 0 saturated carbocycles. The highest BCUT2D eigenvalue weighted by molar-refractivity contribution is 6.12. The van der Waals surface area contributed by atoms with E-state index in [0.717, 1.165) is 9.13 Å². The molecule has 0 fully saturated rings. The molecule has 0 unspecified atom stereocenters. The molecule has 3 heterocycles. The Morgan fingerprint density at radius 2 is 1.88 bits per heavy atom. The minimum absolute atomic E-state index is 0.115. The summed E-state index contributed by atoms with van der Waals surface area (Å²) >= 11 is 0. The number of hydrogen-bond donors (Lipinski definition) is 2. The molecule has 2 aliphatic rings. The molecule has 4 rings (SSSR count). The lowest BCUT2D eigenvalue weighted by atomic mass is 9.69. The molecule has 0 saturated heterocycles. The van der Waals surface area contributed by atoms with Gasteiger partial charge in [0, 0.05) is 25.3 Å². The van der Waals surface area contributed by atoms with Gasteiger partial charge in [0.1, 0.15) is 17.2 Å². The number of nitriles is 1. The van der Waals surface area contributed by atoms with Crippen molar-refractivity contribution in [3.63, 3.8) is 0 Å². The summed E-state index contributed by atoms with van der Waals surface area (Å²) in [5.74, 6) is -1.07. The zero-order valence-corrected chi connectivity index (χ0v) is 13.9. The molecule has 0 bridgehead atoms. The molecule has 9 nitrogen and oxygen atoms in total. The Labute approximate surface area is 146 Å². The van der Waals surface area contributed by atoms with Gasteiger partial charge in [0.25, 0.3) is 5.56 Å². The van der Waals surface area contributed by atoms with Crippen LogP contribution in [0.15, 0.2) is 45.3 Å². The molecule has 1 spiro atoms. The van der Waals surface area contributed by atoms with Crippen LogP contribution in [0.25, 0.3) is 0 Å². The van der Waals surface area contributed by atoms with Gasteiger partial charge in [-0.25, -0.2) is 4.79 Å². The molecule has 0 aliphatic carbocycles. The molecule has 2 aromatic rings. The van der Waals surface area contributed by atoms with Crippen molar-refractivity contribution in [3.05, 3.63) is 67.7 Å². The molecule has 1 amide bonds. The SMILES string of the molecule is Cn1c2c(c(=O)n(C)c1=O)[C@]1(C(=O)Nc3ccccc31)C(C#N)=C(N)O2. The van der Waals surface area contributed by atoms with Crippen molar-refractivity contribution in [1.82, 2.24) is 9.13 Å². The number of nitrogens with zero attached hydrogens (tertiary/aromatic N) is 3. The van der Waals surface area contributed by atoms with Crippen LogP contribution in [0.3, 0.4) is 0 Å². The highest BCUT2D eigenvalue weighted by Gasteiger charge is 2.58. The average molecular weight is 351 g/mol. The van der Waals surface area contributed by atoms with Gasteiger partial charge in [-0.3, -0.25) is 18.7 Å². The highest BCUT2D eigenvalue weighted by atomic mass is 16.5. The van der Waals surface area contributed by atoms with Gasteiger partial charge in [-0.05, 0) is 6.07 Å². The Morgan fingerprint density at radius 1 is 1.19 bits per heavy atom. The predicted octanol–water partition coefficient (Wildman–Crippen LogP) is -0.592. The summed E-state index contributed by atoms with van der Waals surface area (Å²) in [5.41, 5.74) is 3.34. The maximum Gasteiger partial charge on any atom is 0.333 e. The molecular weight excluding hydrogens is 338 g/mol. The number of hydrogen-bond acceptors (Lipinski definition) is 6. The monoisotopic (exact) mass is 351 g/mol. The molecule has 1 aromatic carbocycles. The van der Waals surface area contributed by atoms with Gasteiger partial charge in [-0.1, -0.05) is 18.2 Å². The first kappa shape index (κ1) is 15.7. The highest BCUT2D eigenvalue weighted by Crippen LogP contribution is 2.51. The van der Waals surface area contributed by atoms with Gasteiger partial charge in [0.15, 0.2) is 5.41 Å². The quantitative estimate of drug-likeness (QED) is 0.652. The molecule has 3 N–H and O–H groups in total. The van der Waals surface area contributed by atoms with Crippen molar-refractivity contribution in [1.29, 1.82) is 5.26 Å². The molecule has 9 heteroatoms. The smallest absolute Gasteiger partial charge is 0.333 e. The maximum absolute atomic E-state index is 13.1. The minimum atomic E-state index is -1.77. The fraction of sp³-hybridized carbons (Fsp3) is 0.176. The van der Waals surface area contributed by atoms with E-state index in [1.807, 2.05) is 6.07 Å². The van der Waals surface area contributed by atoms with Crippen LogP contribution in [0.5, 0.6) is 5.88 Å². The van der Waals surface area contributed by atoms with Gasteiger partial charge >= 0.3 is 5.69 Å². The van der Waals surface area contributed by atoms with Crippen LogP contribution < -0.4 is 27.0 Å². The Bertz CT molecular complexity index is 1200. The molecule has 26 heavy (non-hydrogen) atoms. The first-order valence-electron chi connectivity index (χ1n) is 7.65. The summed E-state index contributed by atoms with van der Waals surface area (Å²) in [6.45, 7) is 0. The summed E-state index contributed by atoms with van der Waals surface area (Å²) in [5, 5.41) is 12.4. The Kier molecular flexibility index (Phi) is 2.94. The van der Waals surface area contributed by atoms with Gasteiger partial charge in [0.05, 0.1) is 0 Å². The molecular formula is C17H13N5O4.